The molecular formula is C24H29NO4. The third kappa shape index (κ3) is 6.01. The van der Waals surface area contributed by atoms with Crippen molar-refractivity contribution < 1.29 is 19.5 Å². The van der Waals surface area contributed by atoms with Crippen molar-refractivity contribution in [3.63, 3.8) is 0 Å². The second-order valence-corrected chi connectivity index (χ2v) is 8.05. The SMILES string of the molecule is CCCCC(=O)Nc1ccc(-c2ccc(C(=O)CC(C)(C)C(=O)O)cc2)cc1C. The van der Waals surface area contributed by atoms with Crippen molar-refractivity contribution in [2.75, 3.05) is 5.32 Å². The zero-order valence-corrected chi connectivity index (χ0v) is 17.5. The number of benzene rings is 2. The van der Waals surface area contributed by atoms with E-state index in [1.807, 2.05) is 37.3 Å². The normalized spacial score (nSPS) is 11.2. The number of Topliss-reactive ketones (excluding diaryl/α,β-unsaturated/α-hetero) is 1. The van der Waals surface area contributed by atoms with Crippen molar-refractivity contribution in [1.29, 1.82) is 0 Å². The van der Waals surface area contributed by atoms with E-state index in [-0.39, 0.29) is 18.1 Å². The van der Waals surface area contributed by atoms with E-state index in [4.69, 9.17) is 0 Å². The van der Waals surface area contributed by atoms with Crippen molar-refractivity contribution in [3.05, 3.63) is 53.6 Å². The quantitative estimate of drug-likeness (QED) is 0.551. The van der Waals surface area contributed by atoms with Gasteiger partial charge in [0.2, 0.25) is 5.91 Å². The molecule has 0 atom stereocenters. The topological polar surface area (TPSA) is 83.5 Å². The molecule has 1 amide bonds. The average Bonchev–Trinajstić information content (AvgIpc) is 2.67. The molecule has 2 aromatic carbocycles. The van der Waals surface area contributed by atoms with Crippen LogP contribution in [0.3, 0.4) is 0 Å². The van der Waals surface area contributed by atoms with Crippen LogP contribution in [0.5, 0.6) is 0 Å². The van der Waals surface area contributed by atoms with Crippen LogP contribution < -0.4 is 5.32 Å². The highest BCUT2D eigenvalue weighted by Crippen LogP contribution is 2.27. The van der Waals surface area contributed by atoms with Gasteiger partial charge in [-0.25, -0.2) is 0 Å². The van der Waals surface area contributed by atoms with Crippen molar-refractivity contribution in [1.82, 2.24) is 0 Å². The summed E-state index contributed by atoms with van der Waals surface area (Å²) in [5, 5.41) is 12.1. The summed E-state index contributed by atoms with van der Waals surface area (Å²) < 4.78 is 0. The van der Waals surface area contributed by atoms with E-state index in [9.17, 15) is 19.5 Å². The highest BCUT2D eigenvalue weighted by Gasteiger charge is 2.30. The van der Waals surface area contributed by atoms with Crippen molar-refractivity contribution in [2.24, 2.45) is 5.41 Å². The van der Waals surface area contributed by atoms with E-state index < -0.39 is 11.4 Å². The highest BCUT2D eigenvalue weighted by molar-refractivity contribution is 5.99. The Morgan fingerprint density at radius 2 is 1.62 bits per heavy atom. The molecule has 5 heteroatoms. The molecule has 0 aliphatic heterocycles. The third-order valence-corrected chi connectivity index (χ3v) is 4.98. The monoisotopic (exact) mass is 395 g/mol. The predicted octanol–water partition coefficient (Wildman–Crippen LogP) is 5.47. The molecule has 0 aliphatic carbocycles. The Morgan fingerprint density at radius 1 is 1.00 bits per heavy atom. The molecule has 29 heavy (non-hydrogen) atoms. The molecule has 0 heterocycles. The smallest absolute Gasteiger partial charge is 0.309 e. The van der Waals surface area contributed by atoms with E-state index in [0.29, 0.717) is 12.0 Å². The van der Waals surface area contributed by atoms with Crippen LogP contribution >= 0.6 is 0 Å². The first-order valence-electron chi connectivity index (χ1n) is 9.91. The number of rotatable bonds is 9. The van der Waals surface area contributed by atoms with Gasteiger partial charge >= 0.3 is 5.97 Å². The van der Waals surface area contributed by atoms with Gasteiger partial charge in [0, 0.05) is 24.1 Å². The van der Waals surface area contributed by atoms with E-state index in [1.165, 1.54) is 0 Å². The lowest BCUT2D eigenvalue weighted by Crippen LogP contribution is -2.26. The minimum Gasteiger partial charge on any atom is -0.481 e. The van der Waals surface area contributed by atoms with E-state index in [1.54, 1.807) is 26.0 Å². The van der Waals surface area contributed by atoms with Gasteiger partial charge < -0.3 is 10.4 Å². The molecule has 5 nitrogen and oxygen atoms in total. The molecule has 0 unspecified atom stereocenters. The lowest BCUT2D eigenvalue weighted by Gasteiger charge is -2.17. The van der Waals surface area contributed by atoms with Crippen molar-refractivity contribution in [2.45, 2.75) is 53.4 Å². The number of carboxylic acid groups (broad SMARTS) is 1. The second kappa shape index (κ2) is 9.50. The summed E-state index contributed by atoms with van der Waals surface area (Å²) in [6.45, 7) is 7.10. The summed E-state index contributed by atoms with van der Waals surface area (Å²) in [5.41, 5.74) is 3.11. The number of nitrogens with one attached hydrogen (secondary N) is 1. The molecule has 0 fully saturated rings. The Morgan fingerprint density at radius 3 is 2.17 bits per heavy atom. The van der Waals surface area contributed by atoms with Gasteiger partial charge in [0.05, 0.1) is 5.41 Å². The number of unbranched alkanes of at least 4 members (excludes halogenated alkanes) is 1. The summed E-state index contributed by atoms with van der Waals surface area (Å²) >= 11 is 0. The Balaban J connectivity index is 2.11. The van der Waals surface area contributed by atoms with Gasteiger partial charge in [0.15, 0.2) is 5.78 Å². The van der Waals surface area contributed by atoms with Crippen LogP contribution in [-0.4, -0.2) is 22.8 Å². The maximum Gasteiger partial charge on any atom is 0.309 e. The number of carbonyl (C=O) groups excluding carboxylic acids is 2. The van der Waals surface area contributed by atoms with Crippen LogP contribution in [0.25, 0.3) is 11.1 Å². The summed E-state index contributed by atoms with van der Waals surface area (Å²) in [7, 11) is 0. The van der Waals surface area contributed by atoms with Crippen LogP contribution in [0, 0.1) is 12.3 Å². The number of ketones is 1. The predicted molar refractivity (Wildman–Crippen MR) is 115 cm³/mol. The van der Waals surface area contributed by atoms with Gasteiger partial charge in [-0.15, -0.1) is 0 Å². The maximum atomic E-state index is 12.4. The first-order chi connectivity index (χ1) is 13.6. The zero-order valence-electron chi connectivity index (χ0n) is 17.5. The molecule has 0 saturated carbocycles. The number of aryl methyl sites for hydroxylation is 1. The Bertz CT molecular complexity index is 898. The van der Waals surface area contributed by atoms with E-state index in [2.05, 4.69) is 12.2 Å². The zero-order chi connectivity index (χ0) is 21.6. The molecule has 0 spiro atoms. The fourth-order valence-electron chi connectivity index (χ4n) is 2.96. The highest BCUT2D eigenvalue weighted by atomic mass is 16.4. The molecule has 0 aromatic heterocycles. The van der Waals surface area contributed by atoms with Crippen LogP contribution in [-0.2, 0) is 9.59 Å². The van der Waals surface area contributed by atoms with Gasteiger partial charge in [-0.05, 0) is 56.0 Å². The summed E-state index contributed by atoms with van der Waals surface area (Å²) in [6.07, 6.45) is 2.33. The van der Waals surface area contributed by atoms with E-state index >= 15 is 0 Å². The van der Waals surface area contributed by atoms with Crippen LogP contribution in [0.1, 0.15) is 62.4 Å². The molecular weight excluding hydrogens is 366 g/mol. The molecule has 0 aliphatic rings. The number of carboxylic acids is 1. The van der Waals surface area contributed by atoms with Gasteiger partial charge in [-0.1, -0.05) is 43.7 Å². The average molecular weight is 395 g/mol. The summed E-state index contributed by atoms with van der Waals surface area (Å²) in [5.74, 6) is -1.15. The molecule has 0 bridgehead atoms. The number of aliphatic carboxylic acids is 1. The molecule has 2 rings (SSSR count). The number of carbonyl (C=O) groups is 3. The van der Waals surface area contributed by atoms with Gasteiger partial charge in [0.25, 0.3) is 0 Å². The maximum absolute atomic E-state index is 12.4. The van der Waals surface area contributed by atoms with Crippen molar-refractivity contribution >= 4 is 23.3 Å². The van der Waals surface area contributed by atoms with Crippen molar-refractivity contribution in [3.8, 4) is 11.1 Å². The fourth-order valence-corrected chi connectivity index (χ4v) is 2.96. The molecule has 0 saturated heterocycles. The minimum absolute atomic E-state index is 0.0230. The molecule has 0 radical (unpaired) electrons. The number of amides is 1. The number of hydrogen-bond donors (Lipinski definition) is 2. The summed E-state index contributed by atoms with van der Waals surface area (Å²) in [4.78, 5) is 35.6. The second-order valence-electron chi connectivity index (χ2n) is 8.05. The molecule has 154 valence electrons. The Labute approximate surface area is 172 Å². The van der Waals surface area contributed by atoms with Gasteiger partial charge in [0.1, 0.15) is 0 Å². The molecule has 2 aromatic rings. The minimum atomic E-state index is -1.09. The third-order valence-electron chi connectivity index (χ3n) is 4.98. The Kier molecular flexibility index (Phi) is 7.32. The molecule has 2 N–H and O–H groups in total. The lowest BCUT2D eigenvalue weighted by molar-refractivity contribution is -0.146. The summed E-state index contributed by atoms with van der Waals surface area (Å²) in [6, 6.07) is 13.0. The van der Waals surface area contributed by atoms with Gasteiger partial charge in [-0.2, -0.15) is 0 Å². The first kappa shape index (κ1) is 22.3. The van der Waals surface area contributed by atoms with Crippen LogP contribution in [0.4, 0.5) is 5.69 Å². The number of hydrogen-bond acceptors (Lipinski definition) is 3. The van der Waals surface area contributed by atoms with Crippen LogP contribution in [0.2, 0.25) is 0 Å². The number of anilines is 1. The van der Waals surface area contributed by atoms with Gasteiger partial charge in [-0.3, -0.25) is 14.4 Å². The lowest BCUT2D eigenvalue weighted by atomic mass is 9.85. The standard InChI is InChI=1S/C24H29NO4/c1-5-6-7-22(27)25-20-13-12-19(14-16(20)2)17-8-10-18(11-9-17)21(26)15-24(3,4)23(28)29/h8-14H,5-7,15H2,1-4H3,(H,25,27)(H,28,29). The largest absolute Gasteiger partial charge is 0.481 e. The van der Waals surface area contributed by atoms with E-state index in [0.717, 1.165) is 35.2 Å². The first-order valence-corrected chi connectivity index (χ1v) is 9.91. The van der Waals surface area contributed by atoms with Crippen LogP contribution in [0.15, 0.2) is 42.5 Å². The Hall–Kier alpha value is -2.95. The fraction of sp³-hybridized carbons (Fsp3) is 0.375.